The molecule has 1 fully saturated rings. The highest BCUT2D eigenvalue weighted by Gasteiger charge is 2.39. The second-order valence-electron chi connectivity index (χ2n) is 5.78. The lowest BCUT2D eigenvalue weighted by Gasteiger charge is -2.15. The van der Waals surface area contributed by atoms with E-state index in [1.165, 1.54) is 23.2 Å². The largest absolute Gasteiger partial charge is 0.478 e. The molecule has 0 spiro atoms. The molecule has 6 nitrogen and oxygen atoms in total. The van der Waals surface area contributed by atoms with Gasteiger partial charge in [0.1, 0.15) is 5.03 Å². The SMILES string of the molecule is Cc1ccc(CN2C(=O)CC(Sc3ncccc3C(=O)O)C2=O)cc1. The first-order valence-corrected chi connectivity index (χ1v) is 8.58. The van der Waals surface area contributed by atoms with Gasteiger partial charge in [-0.15, -0.1) is 0 Å². The monoisotopic (exact) mass is 356 g/mol. The molecule has 1 aliphatic heterocycles. The first kappa shape index (κ1) is 17.2. The summed E-state index contributed by atoms with van der Waals surface area (Å²) in [5.41, 5.74) is 2.01. The van der Waals surface area contributed by atoms with Crippen LogP contribution in [0.3, 0.4) is 0 Å². The minimum absolute atomic E-state index is 0.0322. The van der Waals surface area contributed by atoms with Crippen LogP contribution in [0.2, 0.25) is 0 Å². The predicted molar refractivity (Wildman–Crippen MR) is 92.2 cm³/mol. The number of hydrogen-bond donors (Lipinski definition) is 1. The summed E-state index contributed by atoms with van der Waals surface area (Å²) < 4.78 is 0. The quantitative estimate of drug-likeness (QED) is 0.828. The highest BCUT2D eigenvalue weighted by Crippen LogP contribution is 2.32. The third-order valence-corrected chi connectivity index (χ3v) is 5.12. The average Bonchev–Trinajstić information content (AvgIpc) is 2.84. The number of aromatic carboxylic acids is 1. The summed E-state index contributed by atoms with van der Waals surface area (Å²) in [6.07, 6.45) is 1.52. The van der Waals surface area contributed by atoms with Gasteiger partial charge >= 0.3 is 5.97 Å². The summed E-state index contributed by atoms with van der Waals surface area (Å²) in [5.74, 6) is -1.67. The maximum Gasteiger partial charge on any atom is 0.338 e. The van der Waals surface area contributed by atoms with Crippen molar-refractivity contribution >= 4 is 29.5 Å². The summed E-state index contributed by atoms with van der Waals surface area (Å²) in [4.78, 5) is 41.3. The summed E-state index contributed by atoms with van der Waals surface area (Å²) in [7, 11) is 0. The fraction of sp³-hybridized carbons (Fsp3) is 0.222. The van der Waals surface area contributed by atoms with Gasteiger partial charge in [0.05, 0.1) is 17.4 Å². The Balaban J connectivity index is 1.75. The van der Waals surface area contributed by atoms with Gasteiger partial charge in [0.2, 0.25) is 11.8 Å². The zero-order chi connectivity index (χ0) is 18.0. The molecule has 2 amide bonds. The van der Waals surface area contributed by atoms with E-state index in [4.69, 9.17) is 0 Å². The number of benzene rings is 1. The number of imide groups is 1. The second-order valence-corrected chi connectivity index (χ2v) is 6.97. The van der Waals surface area contributed by atoms with Crippen LogP contribution in [0.1, 0.15) is 27.9 Å². The molecule has 0 radical (unpaired) electrons. The number of rotatable bonds is 5. The number of pyridine rings is 1. The molecule has 0 bridgehead atoms. The van der Waals surface area contributed by atoms with Gasteiger partial charge in [0.25, 0.3) is 0 Å². The summed E-state index contributed by atoms with van der Waals surface area (Å²) >= 11 is 1.03. The number of carboxylic acid groups (broad SMARTS) is 1. The third kappa shape index (κ3) is 3.71. The van der Waals surface area contributed by atoms with Crippen LogP contribution >= 0.6 is 11.8 Å². The average molecular weight is 356 g/mol. The van der Waals surface area contributed by atoms with Crippen molar-refractivity contribution < 1.29 is 19.5 Å². The van der Waals surface area contributed by atoms with E-state index < -0.39 is 11.2 Å². The highest BCUT2D eigenvalue weighted by molar-refractivity contribution is 8.00. The number of carboxylic acids is 1. The van der Waals surface area contributed by atoms with Gasteiger partial charge in [-0.3, -0.25) is 14.5 Å². The van der Waals surface area contributed by atoms with Crippen molar-refractivity contribution in [2.45, 2.75) is 30.2 Å². The molecule has 0 saturated carbocycles. The van der Waals surface area contributed by atoms with Crippen molar-refractivity contribution in [1.82, 2.24) is 9.88 Å². The Bertz CT molecular complexity index is 835. The normalized spacial score (nSPS) is 17.2. The van der Waals surface area contributed by atoms with Crippen molar-refractivity contribution in [2.24, 2.45) is 0 Å². The van der Waals surface area contributed by atoms with Crippen LogP contribution in [0, 0.1) is 6.92 Å². The molecule has 128 valence electrons. The number of amides is 2. The van der Waals surface area contributed by atoms with Gasteiger partial charge < -0.3 is 5.11 Å². The third-order valence-electron chi connectivity index (χ3n) is 3.92. The molecule has 0 aliphatic carbocycles. The van der Waals surface area contributed by atoms with Crippen molar-refractivity contribution in [3.05, 3.63) is 59.3 Å². The summed E-state index contributed by atoms with van der Waals surface area (Å²) in [5, 5.41) is 8.81. The highest BCUT2D eigenvalue weighted by atomic mass is 32.2. The fourth-order valence-corrected chi connectivity index (χ4v) is 3.70. The van der Waals surface area contributed by atoms with Crippen LogP contribution in [-0.2, 0) is 16.1 Å². The maximum absolute atomic E-state index is 12.6. The maximum atomic E-state index is 12.6. The standard InChI is InChI=1S/C18H16N2O4S/c1-11-4-6-12(7-5-11)10-20-15(21)9-14(17(20)22)25-16-13(18(23)24)3-2-8-19-16/h2-8,14H,9-10H2,1H3,(H,23,24). The number of likely N-dealkylation sites (tertiary alicyclic amines) is 1. The Morgan fingerprint density at radius 1 is 1.28 bits per heavy atom. The van der Waals surface area contributed by atoms with Crippen LogP contribution in [0.5, 0.6) is 0 Å². The van der Waals surface area contributed by atoms with Crippen LogP contribution < -0.4 is 0 Å². The summed E-state index contributed by atoms with van der Waals surface area (Å²) in [6, 6.07) is 10.6. The topological polar surface area (TPSA) is 87.6 Å². The summed E-state index contributed by atoms with van der Waals surface area (Å²) in [6.45, 7) is 2.19. The van der Waals surface area contributed by atoms with Gasteiger partial charge in [-0.25, -0.2) is 9.78 Å². The molecule has 1 aromatic heterocycles. The first-order chi connectivity index (χ1) is 12.0. The van der Waals surface area contributed by atoms with Gasteiger partial charge in [-0.2, -0.15) is 0 Å². The van der Waals surface area contributed by atoms with E-state index in [1.54, 1.807) is 0 Å². The van der Waals surface area contributed by atoms with Crippen molar-refractivity contribution in [2.75, 3.05) is 0 Å². The number of nitrogens with zero attached hydrogens (tertiary/aromatic N) is 2. The molecule has 25 heavy (non-hydrogen) atoms. The molecule has 1 N–H and O–H groups in total. The molecule has 2 heterocycles. The number of hydrogen-bond acceptors (Lipinski definition) is 5. The Hall–Kier alpha value is -2.67. The first-order valence-electron chi connectivity index (χ1n) is 7.70. The number of carbonyl (C=O) groups excluding carboxylic acids is 2. The molecule has 1 aliphatic rings. The van der Waals surface area contributed by atoms with Crippen molar-refractivity contribution in [3.63, 3.8) is 0 Å². The van der Waals surface area contributed by atoms with Gasteiger partial charge in [-0.1, -0.05) is 41.6 Å². The van der Waals surface area contributed by atoms with E-state index in [9.17, 15) is 19.5 Å². The lowest BCUT2D eigenvalue weighted by Crippen LogP contribution is -2.30. The predicted octanol–water partition coefficient (Wildman–Crippen LogP) is 2.51. The smallest absolute Gasteiger partial charge is 0.338 e. The zero-order valence-corrected chi connectivity index (χ0v) is 14.3. The minimum Gasteiger partial charge on any atom is -0.478 e. The van der Waals surface area contributed by atoms with E-state index in [0.717, 1.165) is 22.9 Å². The number of carbonyl (C=O) groups is 3. The van der Waals surface area contributed by atoms with Crippen molar-refractivity contribution in [1.29, 1.82) is 0 Å². The lowest BCUT2D eigenvalue weighted by atomic mass is 10.1. The Kier molecular flexibility index (Phi) is 4.85. The second kappa shape index (κ2) is 7.06. The van der Waals surface area contributed by atoms with Crippen LogP contribution in [-0.4, -0.2) is 38.0 Å². The van der Waals surface area contributed by atoms with Crippen LogP contribution in [0.25, 0.3) is 0 Å². The van der Waals surface area contributed by atoms with Crippen LogP contribution in [0.15, 0.2) is 47.6 Å². The zero-order valence-electron chi connectivity index (χ0n) is 13.5. The van der Waals surface area contributed by atoms with E-state index in [2.05, 4.69) is 4.98 Å². The van der Waals surface area contributed by atoms with Gasteiger partial charge in [-0.05, 0) is 24.6 Å². The Morgan fingerprint density at radius 3 is 2.68 bits per heavy atom. The Morgan fingerprint density at radius 2 is 2.00 bits per heavy atom. The molecule has 1 atom stereocenters. The molecule has 3 rings (SSSR count). The van der Waals surface area contributed by atoms with E-state index in [-0.39, 0.29) is 35.4 Å². The molecule has 2 aromatic rings. The number of aromatic nitrogens is 1. The van der Waals surface area contributed by atoms with Gasteiger partial charge in [0.15, 0.2) is 0 Å². The fourth-order valence-electron chi connectivity index (χ4n) is 2.57. The molecular formula is C18H16N2O4S. The van der Waals surface area contributed by atoms with Crippen LogP contribution in [0.4, 0.5) is 0 Å². The van der Waals surface area contributed by atoms with Crippen molar-refractivity contribution in [3.8, 4) is 0 Å². The minimum atomic E-state index is -1.11. The molecule has 7 heteroatoms. The number of aryl methyl sites for hydroxylation is 1. The number of thioether (sulfide) groups is 1. The van der Waals surface area contributed by atoms with E-state index in [1.807, 2.05) is 31.2 Å². The molecule has 1 unspecified atom stereocenters. The van der Waals surface area contributed by atoms with Gasteiger partial charge in [0, 0.05) is 12.6 Å². The van der Waals surface area contributed by atoms with E-state index in [0.29, 0.717) is 0 Å². The Labute approximate surface area is 148 Å². The molecule has 1 aromatic carbocycles. The molecular weight excluding hydrogens is 340 g/mol. The molecule has 1 saturated heterocycles. The lowest BCUT2D eigenvalue weighted by molar-refractivity contribution is -0.138. The van der Waals surface area contributed by atoms with E-state index >= 15 is 0 Å².